The van der Waals surface area contributed by atoms with Crippen LogP contribution >= 0.6 is 0 Å². The quantitative estimate of drug-likeness (QED) is 0.650. The molecule has 1 aromatic rings. The third-order valence-electron chi connectivity index (χ3n) is 4.30. The van der Waals surface area contributed by atoms with E-state index in [-0.39, 0.29) is 16.3 Å². The molecular formula is C16H26N2O6S2. The second kappa shape index (κ2) is 9.25. The molecule has 1 saturated heterocycles. The van der Waals surface area contributed by atoms with Crippen LogP contribution in [0.2, 0.25) is 0 Å². The maximum atomic E-state index is 12.7. The van der Waals surface area contributed by atoms with E-state index < -0.39 is 26.3 Å². The smallest absolute Gasteiger partial charge is 0.243 e. The summed E-state index contributed by atoms with van der Waals surface area (Å²) < 4.78 is 63.8. The van der Waals surface area contributed by atoms with Crippen LogP contribution in [0.25, 0.3) is 0 Å². The van der Waals surface area contributed by atoms with Crippen molar-refractivity contribution in [2.45, 2.75) is 41.8 Å². The van der Waals surface area contributed by atoms with Crippen molar-refractivity contribution in [1.29, 1.82) is 0 Å². The minimum absolute atomic E-state index is 0.0155. The topological polar surface area (TPSA) is 102 Å². The number of hydrogen-bond donors (Lipinski definition) is 1. The molecule has 1 aliphatic rings. The van der Waals surface area contributed by atoms with Crippen molar-refractivity contribution < 1.29 is 26.3 Å². The highest BCUT2D eigenvalue weighted by atomic mass is 32.2. The fraction of sp³-hybridized carbons (Fsp3) is 0.625. The van der Waals surface area contributed by atoms with Crippen molar-refractivity contribution >= 4 is 20.0 Å². The largest absolute Gasteiger partial charge is 0.355 e. The zero-order valence-electron chi connectivity index (χ0n) is 15.0. The molecule has 148 valence electrons. The van der Waals surface area contributed by atoms with Gasteiger partial charge in [-0.3, -0.25) is 0 Å². The standard InChI is InChI=1S/C16H26N2O6S2/c1-23-16(24-2)13-17-25(19,20)14-7-9-15(10-8-14)26(21,22)18-11-5-3-4-6-12-18/h7-10,16-17H,3-6,11-13H2,1-2H3. The van der Waals surface area contributed by atoms with E-state index in [0.29, 0.717) is 13.1 Å². The molecule has 1 aromatic carbocycles. The van der Waals surface area contributed by atoms with Gasteiger partial charge in [0.2, 0.25) is 20.0 Å². The first-order valence-corrected chi connectivity index (χ1v) is 11.4. The van der Waals surface area contributed by atoms with Gasteiger partial charge in [-0.05, 0) is 37.1 Å². The molecule has 8 nitrogen and oxygen atoms in total. The zero-order valence-corrected chi connectivity index (χ0v) is 16.7. The number of nitrogens with one attached hydrogen (secondary N) is 1. The maximum absolute atomic E-state index is 12.7. The molecule has 0 unspecified atom stereocenters. The molecule has 26 heavy (non-hydrogen) atoms. The SMILES string of the molecule is COC(CNS(=O)(=O)c1ccc(S(=O)(=O)N2CCCCCC2)cc1)OC. The molecular weight excluding hydrogens is 380 g/mol. The van der Waals surface area contributed by atoms with E-state index in [2.05, 4.69) is 4.72 Å². The molecule has 0 bridgehead atoms. The Bertz CT molecular complexity index is 765. The van der Waals surface area contributed by atoms with Crippen LogP contribution in [0, 0.1) is 0 Å². The number of hydrogen-bond acceptors (Lipinski definition) is 6. The van der Waals surface area contributed by atoms with Crippen molar-refractivity contribution in [3.05, 3.63) is 24.3 Å². The van der Waals surface area contributed by atoms with E-state index in [4.69, 9.17) is 9.47 Å². The van der Waals surface area contributed by atoms with Crippen LogP contribution in [0.15, 0.2) is 34.1 Å². The third-order valence-corrected chi connectivity index (χ3v) is 7.65. The van der Waals surface area contributed by atoms with E-state index in [1.165, 1.54) is 42.8 Å². The van der Waals surface area contributed by atoms with Crippen LogP contribution < -0.4 is 4.72 Å². The molecule has 1 aliphatic heterocycles. The van der Waals surface area contributed by atoms with E-state index >= 15 is 0 Å². The molecule has 0 aromatic heterocycles. The van der Waals surface area contributed by atoms with Gasteiger partial charge in [-0.2, -0.15) is 4.31 Å². The van der Waals surface area contributed by atoms with Crippen molar-refractivity contribution in [2.75, 3.05) is 33.9 Å². The van der Waals surface area contributed by atoms with Gasteiger partial charge < -0.3 is 9.47 Å². The zero-order chi connectivity index (χ0) is 19.2. The van der Waals surface area contributed by atoms with Gasteiger partial charge in [-0.15, -0.1) is 0 Å². The molecule has 0 aliphatic carbocycles. The molecule has 2 rings (SSSR count). The molecule has 1 N–H and O–H groups in total. The van der Waals surface area contributed by atoms with Crippen molar-refractivity contribution in [1.82, 2.24) is 9.03 Å². The Morgan fingerprint density at radius 2 is 1.42 bits per heavy atom. The molecule has 1 heterocycles. The molecule has 0 saturated carbocycles. The summed E-state index contributed by atoms with van der Waals surface area (Å²) in [5.41, 5.74) is 0. The molecule has 1 fully saturated rings. The summed E-state index contributed by atoms with van der Waals surface area (Å²) >= 11 is 0. The Morgan fingerprint density at radius 3 is 1.92 bits per heavy atom. The summed E-state index contributed by atoms with van der Waals surface area (Å²) in [6.07, 6.45) is 3.04. The first-order chi connectivity index (χ1) is 12.3. The second-order valence-electron chi connectivity index (χ2n) is 6.04. The minimum Gasteiger partial charge on any atom is -0.355 e. The maximum Gasteiger partial charge on any atom is 0.243 e. The Balaban J connectivity index is 2.13. The Morgan fingerprint density at radius 1 is 0.923 bits per heavy atom. The number of ether oxygens (including phenoxy) is 2. The highest BCUT2D eigenvalue weighted by Gasteiger charge is 2.26. The normalized spacial score (nSPS) is 17.3. The number of sulfonamides is 2. The summed E-state index contributed by atoms with van der Waals surface area (Å²) in [5, 5.41) is 0. The predicted molar refractivity (Wildman–Crippen MR) is 96.7 cm³/mol. The van der Waals surface area contributed by atoms with Crippen LogP contribution in [0.5, 0.6) is 0 Å². The van der Waals surface area contributed by atoms with Gasteiger partial charge in [0.25, 0.3) is 0 Å². The van der Waals surface area contributed by atoms with Gasteiger partial charge in [-0.1, -0.05) is 12.8 Å². The van der Waals surface area contributed by atoms with Crippen LogP contribution in [0.1, 0.15) is 25.7 Å². The van der Waals surface area contributed by atoms with Crippen molar-refractivity contribution in [3.8, 4) is 0 Å². The van der Waals surface area contributed by atoms with Crippen LogP contribution in [0.4, 0.5) is 0 Å². The van der Waals surface area contributed by atoms with Crippen LogP contribution in [-0.2, 0) is 29.5 Å². The van der Waals surface area contributed by atoms with E-state index in [0.717, 1.165) is 25.7 Å². The molecule has 0 spiro atoms. The highest BCUT2D eigenvalue weighted by molar-refractivity contribution is 7.89. The number of nitrogens with zero attached hydrogens (tertiary/aromatic N) is 1. The number of methoxy groups -OCH3 is 2. The average Bonchev–Trinajstić information content (AvgIpc) is 2.92. The van der Waals surface area contributed by atoms with E-state index in [9.17, 15) is 16.8 Å². The molecule has 10 heteroatoms. The fourth-order valence-electron chi connectivity index (χ4n) is 2.75. The summed E-state index contributed by atoms with van der Waals surface area (Å²) in [4.78, 5) is 0.0864. The summed E-state index contributed by atoms with van der Waals surface area (Å²) in [5.74, 6) is 0. The van der Waals surface area contributed by atoms with Crippen molar-refractivity contribution in [3.63, 3.8) is 0 Å². The van der Waals surface area contributed by atoms with E-state index in [1.54, 1.807) is 0 Å². The Hall–Kier alpha value is -1.04. The third kappa shape index (κ3) is 5.24. The van der Waals surface area contributed by atoms with E-state index in [1.807, 2.05) is 0 Å². The monoisotopic (exact) mass is 406 g/mol. The lowest BCUT2D eigenvalue weighted by molar-refractivity contribution is -0.0960. The highest BCUT2D eigenvalue weighted by Crippen LogP contribution is 2.21. The Labute approximate surface area is 155 Å². The van der Waals surface area contributed by atoms with Crippen molar-refractivity contribution in [2.24, 2.45) is 0 Å². The Kier molecular flexibility index (Phi) is 7.56. The first-order valence-electron chi connectivity index (χ1n) is 8.47. The fourth-order valence-corrected chi connectivity index (χ4v) is 5.28. The summed E-state index contributed by atoms with van der Waals surface area (Å²) in [6, 6.07) is 5.25. The second-order valence-corrected chi connectivity index (χ2v) is 9.75. The molecule has 0 amide bonds. The molecule has 0 radical (unpaired) electrons. The number of benzene rings is 1. The van der Waals surface area contributed by atoms with Gasteiger partial charge in [0, 0.05) is 27.3 Å². The van der Waals surface area contributed by atoms with Crippen LogP contribution in [-0.4, -0.2) is 61.3 Å². The first kappa shape index (κ1) is 21.3. The lowest BCUT2D eigenvalue weighted by atomic mass is 10.2. The minimum atomic E-state index is -3.79. The number of rotatable bonds is 8. The average molecular weight is 407 g/mol. The lowest BCUT2D eigenvalue weighted by Gasteiger charge is -2.20. The van der Waals surface area contributed by atoms with Gasteiger partial charge in [0.15, 0.2) is 6.29 Å². The summed E-state index contributed by atoms with van der Waals surface area (Å²) in [6.45, 7) is 0.946. The summed E-state index contributed by atoms with van der Waals surface area (Å²) in [7, 11) is -4.57. The molecule has 0 atom stereocenters. The predicted octanol–water partition coefficient (Wildman–Crippen LogP) is 1.15. The van der Waals surface area contributed by atoms with Gasteiger partial charge in [-0.25, -0.2) is 21.6 Å². The lowest BCUT2D eigenvalue weighted by Crippen LogP contribution is -2.34. The van der Waals surface area contributed by atoms with Gasteiger partial charge in [0.1, 0.15) is 0 Å². The van der Waals surface area contributed by atoms with Crippen LogP contribution in [0.3, 0.4) is 0 Å². The van der Waals surface area contributed by atoms with Gasteiger partial charge in [0.05, 0.1) is 16.3 Å². The van der Waals surface area contributed by atoms with Gasteiger partial charge >= 0.3 is 0 Å².